The lowest BCUT2D eigenvalue weighted by Gasteiger charge is -2.11. The van der Waals surface area contributed by atoms with Crippen molar-refractivity contribution >= 4 is 70.2 Å². The molecule has 0 fully saturated rings. The highest BCUT2D eigenvalue weighted by Crippen LogP contribution is 2.36. The van der Waals surface area contributed by atoms with Crippen LogP contribution in [-0.4, -0.2) is 27.5 Å². The smallest absolute Gasteiger partial charge is 0.406 e. The zero-order valence-corrected chi connectivity index (χ0v) is 21.2. The highest BCUT2D eigenvalue weighted by atomic mass is 35.5. The van der Waals surface area contributed by atoms with Crippen molar-refractivity contribution in [1.82, 2.24) is 15.0 Å². The van der Waals surface area contributed by atoms with Crippen LogP contribution in [0.15, 0.2) is 65.8 Å². The molecular formula is C23H13Cl4F3N6O. The maximum atomic E-state index is 12.3. The molecule has 190 valence electrons. The molecule has 0 radical (unpaired) electrons. The first-order chi connectivity index (χ1) is 17.6. The SMILES string of the molecule is FC(F)(F)Oc1ccc(/C=N/Nc2nc(Nc3ccc(Cl)cc3)nc(-c3c(Cl)cc(Cl)cc3Cl)n2)cc1. The van der Waals surface area contributed by atoms with Gasteiger partial charge in [-0.1, -0.05) is 46.4 Å². The standard InChI is InChI=1S/C23H13Cl4F3N6O/c24-13-3-5-15(6-4-13)32-21-33-20(19-17(26)9-14(25)10-18(19)27)34-22(35-21)36-31-11-12-1-7-16(8-2-12)37-23(28,29)30/h1-11H,(H2,32,33,34,35,36)/b31-11+. The molecule has 3 aromatic carbocycles. The largest absolute Gasteiger partial charge is 0.573 e. The zero-order chi connectivity index (χ0) is 26.6. The first-order valence-electron chi connectivity index (χ1n) is 10.1. The maximum absolute atomic E-state index is 12.3. The number of hydrogen-bond donors (Lipinski definition) is 2. The number of aromatic nitrogens is 3. The van der Waals surface area contributed by atoms with Gasteiger partial charge in [0.2, 0.25) is 11.9 Å². The Morgan fingerprint density at radius 1 is 0.784 bits per heavy atom. The lowest BCUT2D eigenvalue weighted by molar-refractivity contribution is -0.274. The van der Waals surface area contributed by atoms with Gasteiger partial charge in [0, 0.05) is 15.7 Å². The number of rotatable bonds is 7. The summed E-state index contributed by atoms with van der Waals surface area (Å²) in [5, 5.41) is 8.41. The number of nitrogens with one attached hydrogen (secondary N) is 2. The Kier molecular flexibility index (Phi) is 8.23. The van der Waals surface area contributed by atoms with Gasteiger partial charge in [-0.2, -0.15) is 20.1 Å². The van der Waals surface area contributed by atoms with Crippen LogP contribution in [0.3, 0.4) is 0 Å². The molecule has 0 aliphatic rings. The third-order valence-electron chi connectivity index (χ3n) is 4.46. The maximum Gasteiger partial charge on any atom is 0.573 e. The second-order valence-corrected chi connectivity index (χ2v) is 8.86. The number of halogens is 7. The quantitative estimate of drug-likeness (QED) is 0.167. The van der Waals surface area contributed by atoms with Crippen molar-refractivity contribution in [3.8, 4) is 17.1 Å². The summed E-state index contributed by atoms with van der Waals surface area (Å²) in [5.41, 5.74) is 4.11. The van der Waals surface area contributed by atoms with Gasteiger partial charge in [0.05, 0.1) is 21.8 Å². The van der Waals surface area contributed by atoms with Crippen molar-refractivity contribution < 1.29 is 17.9 Å². The van der Waals surface area contributed by atoms with Gasteiger partial charge in [0.1, 0.15) is 5.75 Å². The summed E-state index contributed by atoms with van der Waals surface area (Å²) in [4.78, 5) is 13.0. The van der Waals surface area contributed by atoms with E-state index in [2.05, 4.69) is 35.5 Å². The molecule has 37 heavy (non-hydrogen) atoms. The van der Waals surface area contributed by atoms with E-state index in [1.165, 1.54) is 30.5 Å². The van der Waals surface area contributed by atoms with Gasteiger partial charge in [-0.15, -0.1) is 13.2 Å². The fourth-order valence-corrected chi connectivity index (χ4v) is 4.04. The van der Waals surface area contributed by atoms with Crippen LogP contribution < -0.4 is 15.5 Å². The molecule has 0 aliphatic heterocycles. The lowest BCUT2D eigenvalue weighted by Crippen LogP contribution is -2.17. The minimum Gasteiger partial charge on any atom is -0.406 e. The molecule has 0 unspecified atom stereocenters. The monoisotopic (exact) mass is 586 g/mol. The molecule has 0 amide bonds. The van der Waals surface area contributed by atoms with Gasteiger partial charge < -0.3 is 10.1 Å². The molecule has 4 rings (SSSR count). The summed E-state index contributed by atoms with van der Waals surface area (Å²) in [6.07, 6.45) is -3.42. The predicted octanol–water partition coefficient (Wildman–Crippen LogP) is 8.24. The first kappa shape index (κ1) is 26.7. The number of benzene rings is 3. The van der Waals surface area contributed by atoms with Gasteiger partial charge in [-0.25, -0.2) is 5.43 Å². The molecule has 14 heteroatoms. The van der Waals surface area contributed by atoms with Crippen molar-refractivity contribution in [2.75, 3.05) is 10.7 Å². The van der Waals surface area contributed by atoms with Crippen LogP contribution >= 0.6 is 46.4 Å². The van der Waals surface area contributed by atoms with Crippen LogP contribution in [0.2, 0.25) is 20.1 Å². The Labute approximate surface area is 228 Å². The van der Waals surface area contributed by atoms with Crippen molar-refractivity contribution in [2.24, 2.45) is 5.10 Å². The number of anilines is 3. The van der Waals surface area contributed by atoms with Crippen molar-refractivity contribution in [3.05, 3.63) is 86.3 Å². The van der Waals surface area contributed by atoms with Gasteiger partial charge in [-0.05, 0) is 66.2 Å². The van der Waals surface area contributed by atoms with Crippen molar-refractivity contribution in [3.63, 3.8) is 0 Å². The summed E-state index contributed by atoms with van der Waals surface area (Å²) in [6, 6.07) is 14.9. The van der Waals surface area contributed by atoms with Crippen LogP contribution in [0, 0.1) is 0 Å². The summed E-state index contributed by atoms with van der Waals surface area (Å²) >= 11 is 24.7. The van der Waals surface area contributed by atoms with Crippen molar-refractivity contribution in [1.29, 1.82) is 0 Å². The summed E-state index contributed by atoms with van der Waals surface area (Å²) in [6.45, 7) is 0. The molecule has 0 saturated heterocycles. The Hall–Kier alpha value is -3.31. The van der Waals surface area contributed by atoms with E-state index >= 15 is 0 Å². The molecule has 4 aromatic rings. The van der Waals surface area contributed by atoms with Crippen molar-refractivity contribution in [2.45, 2.75) is 6.36 Å². The summed E-state index contributed by atoms with van der Waals surface area (Å²) in [7, 11) is 0. The molecule has 0 atom stereocenters. The van der Waals surface area contributed by atoms with E-state index in [1.54, 1.807) is 24.3 Å². The molecule has 0 aliphatic carbocycles. The number of hydrogen-bond acceptors (Lipinski definition) is 7. The van der Waals surface area contributed by atoms with E-state index in [1.807, 2.05) is 0 Å². The van der Waals surface area contributed by atoms with E-state index in [9.17, 15) is 13.2 Å². The van der Waals surface area contributed by atoms with E-state index in [4.69, 9.17) is 46.4 Å². The fraction of sp³-hybridized carbons (Fsp3) is 0.0435. The van der Waals surface area contributed by atoms with Crippen LogP contribution in [0.25, 0.3) is 11.4 Å². The zero-order valence-electron chi connectivity index (χ0n) is 18.2. The van der Waals surface area contributed by atoms with Gasteiger partial charge >= 0.3 is 6.36 Å². The van der Waals surface area contributed by atoms with E-state index in [0.29, 0.717) is 26.9 Å². The summed E-state index contributed by atoms with van der Waals surface area (Å²) < 4.78 is 40.8. The molecule has 2 N–H and O–H groups in total. The molecule has 1 aromatic heterocycles. The van der Waals surface area contributed by atoms with Gasteiger partial charge in [-0.3, -0.25) is 0 Å². The Morgan fingerprint density at radius 3 is 2.03 bits per heavy atom. The molecule has 0 bridgehead atoms. The van der Waals surface area contributed by atoms with Crippen LogP contribution in [0.1, 0.15) is 5.56 Å². The number of ether oxygens (including phenoxy) is 1. The average Bonchev–Trinajstić information content (AvgIpc) is 2.80. The van der Waals surface area contributed by atoms with Gasteiger partial charge in [0.25, 0.3) is 0 Å². The predicted molar refractivity (Wildman–Crippen MR) is 139 cm³/mol. The Morgan fingerprint density at radius 2 is 1.41 bits per heavy atom. The van der Waals surface area contributed by atoms with E-state index in [-0.39, 0.29) is 33.5 Å². The normalized spacial score (nSPS) is 11.5. The van der Waals surface area contributed by atoms with Crippen LogP contribution in [0.5, 0.6) is 5.75 Å². The fourth-order valence-electron chi connectivity index (χ4n) is 2.93. The number of nitrogens with zero attached hydrogens (tertiary/aromatic N) is 4. The third kappa shape index (κ3) is 7.59. The topological polar surface area (TPSA) is 84.3 Å². The average molecular weight is 588 g/mol. The van der Waals surface area contributed by atoms with Crippen LogP contribution in [0.4, 0.5) is 30.8 Å². The highest BCUT2D eigenvalue weighted by Gasteiger charge is 2.30. The second-order valence-electron chi connectivity index (χ2n) is 7.17. The Bertz CT molecular complexity index is 1410. The summed E-state index contributed by atoms with van der Waals surface area (Å²) in [5.74, 6) is -0.0589. The van der Waals surface area contributed by atoms with E-state index in [0.717, 1.165) is 12.1 Å². The second kappa shape index (κ2) is 11.4. The third-order valence-corrected chi connectivity index (χ3v) is 5.52. The number of hydrazone groups is 1. The van der Waals surface area contributed by atoms with Crippen LogP contribution in [-0.2, 0) is 0 Å². The molecule has 7 nitrogen and oxygen atoms in total. The molecule has 0 saturated carbocycles. The molecular weight excluding hydrogens is 575 g/mol. The minimum absolute atomic E-state index is 0.0248. The number of alkyl halides is 3. The van der Waals surface area contributed by atoms with Gasteiger partial charge in [0.15, 0.2) is 5.82 Å². The highest BCUT2D eigenvalue weighted by molar-refractivity contribution is 6.41. The minimum atomic E-state index is -4.78. The molecule has 0 spiro atoms. The lowest BCUT2D eigenvalue weighted by atomic mass is 10.2. The van der Waals surface area contributed by atoms with E-state index < -0.39 is 6.36 Å². The Balaban J connectivity index is 1.61. The molecule has 1 heterocycles. The first-order valence-corrected chi connectivity index (χ1v) is 11.7.